The zero-order valence-corrected chi connectivity index (χ0v) is 10.4. The number of carboxylic acids is 1. The van der Waals surface area contributed by atoms with Gasteiger partial charge in [-0.1, -0.05) is 6.92 Å². The fourth-order valence-electron chi connectivity index (χ4n) is 1.87. The van der Waals surface area contributed by atoms with Crippen molar-refractivity contribution < 1.29 is 14.7 Å². The van der Waals surface area contributed by atoms with E-state index in [4.69, 9.17) is 10.8 Å². The maximum absolute atomic E-state index is 12.1. The summed E-state index contributed by atoms with van der Waals surface area (Å²) in [5, 5.41) is 8.81. The van der Waals surface area contributed by atoms with Crippen molar-refractivity contribution in [1.82, 2.24) is 4.90 Å². The summed E-state index contributed by atoms with van der Waals surface area (Å²) in [5.74, 6) is -0.602. The number of rotatable bonds is 8. The summed E-state index contributed by atoms with van der Waals surface area (Å²) in [6.07, 6.45) is 3.76. The molecule has 3 N–H and O–H groups in total. The van der Waals surface area contributed by atoms with Gasteiger partial charge in [-0.15, -0.1) is 0 Å². The van der Waals surface area contributed by atoms with Crippen LogP contribution in [-0.4, -0.2) is 41.5 Å². The molecule has 0 radical (unpaired) electrons. The molecule has 1 fully saturated rings. The van der Waals surface area contributed by atoms with Gasteiger partial charge in [0.15, 0.2) is 0 Å². The van der Waals surface area contributed by atoms with Gasteiger partial charge in [-0.3, -0.25) is 9.59 Å². The first kappa shape index (κ1) is 14.0. The van der Waals surface area contributed by atoms with E-state index in [1.165, 1.54) is 4.90 Å². The van der Waals surface area contributed by atoms with Crippen LogP contribution in [0.3, 0.4) is 0 Å². The van der Waals surface area contributed by atoms with Crippen LogP contribution >= 0.6 is 0 Å². The van der Waals surface area contributed by atoms with Crippen LogP contribution in [0.4, 0.5) is 0 Å². The Balaban J connectivity index is 2.47. The molecule has 1 atom stereocenters. The van der Waals surface area contributed by atoms with Gasteiger partial charge >= 0.3 is 5.97 Å². The number of carbonyl (C=O) groups is 2. The van der Waals surface area contributed by atoms with Gasteiger partial charge in [-0.25, -0.2) is 0 Å². The molecular formula is C12H22N2O3. The molecule has 1 unspecified atom stereocenters. The highest BCUT2D eigenvalue weighted by Crippen LogP contribution is 2.30. The van der Waals surface area contributed by atoms with Crippen LogP contribution in [0, 0.1) is 11.8 Å². The zero-order valence-electron chi connectivity index (χ0n) is 10.4. The molecule has 0 heterocycles. The Bertz CT molecular complexity index is 277. The molecule has 1 aliphatic carbocycles. The molecule has 0 aliphatic heterocycles. The number of amides is 1. The van der Waals surface area contributed by atoms with Crippen LogP contribution < -0.4 is 5.73 Å². The van der Waals surface area contributed by atoms with Crippen molar-refractivity contribution in [3.8, 4) is 0 Å². The SMILES string of the molecule is CC(CCCN)C(=O)N(CC(=O)O)CC1CC1. The highest BCUT2D eigenvalue weighted by atomic mass is 16.4. The topological polar surface area (TPSA) is 83.6 Å². The number of hydrogen-bond donors (Lipinski definition) is 2. The molecule has 1 saturated carbocycles. The molecule has 98 valence electrons. The smallest absolute Gasteiger partial charge is 0.323 e. The van der Waals surface area contributed by atoms with Gasteiger partial charge < -0.3 is 15.7 Å². The van der Waals surface area contributed by atoms with Gasteiger partial charge in [0.2, 0.25) is 5.91 Å². The lowest BCUT2D eigenvalue weighted by Gasteiger charge is -2.24. The van der Waals surface area contributed by atoms with Crippen LogP contribution in [0.25, 0.3) is 0 Å². The van der Waals surface area contributed by atoms with E-state index in [1.807, 2.05) is 6.92 Å². The summed E-state index contributed by atoms with van der Waals surface area (Å²) in [6.45, 7) is 2.83. The summed E-state index contributed by atoms with van der Waals surface area (Å²) in [5.41, 5.74) is 5.41. The average Bonchev–Trinajstić information content (AvgIpc) is 3.07. The second-order valence-corrected chi connectivity index (χ2v) is 4.89. The highest BCUT2D eigenvalue weighted by molar-refractivity contribution is 5.82. The Kier molecular flexibility index (Phi) is 5.41. The van der Waals surface area contributed by atoms with Gasteiger partial charge in [0.1, 0.15) is 6.54 Å². The molecule has 17 heavy (non-hydrogen) atoms. The van der Waals surface area contributed by atoms with E-state index in [0.717, 1.165) is 25.7 Å². The normalized spacial score (nSPS) is 16.6. The van der Waals surface area contributed by atoms with Crippen molar-refractivity contribution in [3.05, 3.63) is 0 Å². The molecule has 5 heteroatoms. The van der Waals surface area contributed by atoms with Gasteiger partial charge in [0, 0.05) is 12.5 Å². The minimum Gasteiger partial charge on any atom is -0.480 e. The number of nitrogens with zero attached hydrogens (tertiary/aromatic N) is 1. The lowest BCUT2D eigenvalue weighted by Crippen LogP contribution is -2.40. The predicted molar refractivity (Wildman–Crippen MR) is 64.4 cm³/mol. The summed E-state index contributed by atoms with van der Waals surface area (Å²) >= 11 is 0. The minimum atomic E-state index is -0.940. The molecular weight excluding hydrogens is 220 g/mol. The zero-order chi connectivity index (χ0) is 12.8. The van der Waals surface area contributed by atoms with Crippen LogP contribution in [0.15, 0.2) is 0 Å². The van der Waals surface area contributed by atoms with Crippen molar-refractivity contribution >= 4 is 11.9 Å². The Morgan fingerprint density at radius 3 is 2.59 bits per heavy atom. The molecule has 0 aromatic carbocycles. The van der Waals surface area contributed by atoms with Crippen molar-refractivity contribution in [2.24, 2.45) is 17.6 Å². The van der Waals surface area contributed by atoms with Crippen molar-refractivity contribution in [2.45, 2.75) is 32.6 Å². The van der Waals surface area contributed by atoms with Crippen molar-refractivity contribution in [1.29, 1.82) is 0 Å². The van der Waals surface area contributed by atoms with E-state index in [1.54, 1.807) is 0 Å². The Morgan fingerprint density at radius 1 is 1.47 bits per heavy atom. The second-order valence-electron chi connectivity index (χ2n) is 4.89. The molecule has 0 bridgehead atoms. The fraction of sp³-hybridized carbons (Fsp3) is 0.833. The Morgan fingerprint density at radius 2 is 2.12 bits per heavy atom. The van der Waals surface area contributed by atoms with Crippen LogP contribution in [0.1, 0.15) is 32.6 Å². The molecule has 1 aliphatic rings. The molecule has 1 amide bonds. The number of carboxylic acid groups (broad SMARTS) is 1. The number of hydrogen-bond acceptors (Lipinski definition) is 3. The maximum atomic E-state index is 12.1. The molecule has 1 rings (SSSR count). The molecule has 0 aromatic heterocycles. The van der Waals surface area contributed by atoms with Gasteiger partial charge in [0.25, 0.3) is 0 Å². The summed E-state index contributed by atoms with van der Waals surface area (Å²) in [7, 11) is 0. The van der Waals surface area contributed by atoms with Crippen molar-refractivity contribution in [2.75, 3.05) is 19.6 Å². The van der Waals surface area contributed by atoms with E-state index >= 15 is 0 Å². The first-order valence-corrected chi connectivity index (χ1v) is 6.25. The lowest BCUT2D eigenvalue weighted by molar-refractivity contribution is -0.146. The predicted octanol–water partition coefficient (Wildman–Crippen LogP) is 0.685. The van der Waals surface area contributed by atoms with Crippen LogP contribution in [0.5, 0.6) is 0 Å². The van der Waals surface area contributed by atoms with E-state index in [2.05, 4.69) is 0 Å². The Labute approximate surface area is 102 Å². The van der Waals surface area contributed by atoms with E-state index in [9.17, 15) is 9.59 Å². The minimum absolute atomic E-state index is 0.0484. The fourth-order valence-corrected chi connectivity index (χ4v) is 1.87. The van der Waals surface area contributed by atoms with Crippen LogP contribution in [0.2, 0.25) is 0 Å². The third-order valence-electron chi connectivity index (χ3n) is 3.08. The number of aliphatic carboxylic acids is 1. The molecule has 0 aromatic rings. The number of nitrogens with two attached hydrogens (primary N) is 1. The standard InChI is InChI=1S/C12H22N2O3/c1-9(3-2-6-13)12(17)14(8-11(15)16)7-10-4-5-10/h9-10H,2-8,13H2,1H3,(H,15,16). The van der Waals surface area contributed by atoms with Crippen LogP contribution in [-0.2, 0) is 9.59 Å². The van der Waals surface area contributed by atoms with Gasteiger partial charge in [-0.2, -0.15) is 0 Å². The molecule has 0 spiro atoms. The first-order valence-electron chi connectivity index (χ1n) is 6.25. The number of carbonyl (C=O) groups excluding carboxylic acids is 1. The summed E-state index contributed by atoms with van der Waals surface area (Å²) < 4.78 is 0. The summed E-state index contributed by atoms with van der Waals surface area (Å²) in [6, 6.07) is 0. The molecule has 0 saturated heterocycles. The lowest BCUT2D eigenvalue weighted by atomic mass is 10.0. The third kappa shape index (κ3) is 5.17. The summed E-state index contributed by atoms with van der Waals surface area (Å²) in [4.78, 5) is 24.3. The molecule has 5 nitrogen and oxygen atoms in total. The van der Waals surface area contributed by atoms with Gasteiger partial charge in [-0.05, 0) is 38.1 Å². The monoisotopic (exact) mass is 242 g/mol. The van der Waals surface area contributed by atoms with Gasteiger partial charge in [0.05, 0.1) is 0 Å². The highest BCUT2D eigenvalue weighted by Gasteiger charge is 2.29. The third-order valence-corrected chi connectivity index (χ3v) is 3.08. The second kappa shape index (κ2) is 6.59. The Hall–Kier alpha value is -1.10. The first-order chi connectivity index (χ1) is 8.04. The van der Waals surface area contributed by atoms with E-state index < -0.39 is 5.97 Å². The van der Waals surface area contributed by atoms with E-state index in [0.29, 0.717) is 19.0 Å². The maximum Gasteiger partial charge on any atom is 0.323 e. The van der Waals surface area contributed by atoms with Crippen molar-refractivity contribution in [3.63, 3.8) is 0 Å². The van der Waals surface area contributed by atoms with E-state index in [-0.39, 0.29) is 18.4 Å². The quantitative estimate of drug-likeness (QED) is 0.655. The largest absolute Gasteiger partial charge is 0.480 e. The average molecular weight is 242 g/mol.